The first-order valence-electron chi connectivity index (χ1n) is 7.37. The predicted octanol–water partition coefficient (Wildman–Crippen LogP) is 0.967. The Kier molecular flexibility index (Phi) is 4.10. The molecule has 1 aliphatic rings. The molecule has 0 spiro atoms. The summed E-state index contributed by atoms with van der Waals surface area (Å²) in [5, 5.41) is 2.57. The SMILES string of the molecule is CNC(=O)c1cnc2n1CCN(C(=O)Cc1cccc(F)c1)C2. The minimum absolute atomic E-state index is 0.0775. The molecule has 0 radical (unpaired) electrons. The Morgan fingerprint density at radius 2 is 2.17 bits per heavy atom. The summed E-state index contributed by atoms with van der Waals surface area (Å²) in [7, 11) is 1.57. The molecular formula is C16H17FN4O2. The van der Waals surface area contributed by atoms with Crippen molar-refractivity contribution in [2.45, 2.75) is 19.5 Å². The van der Waals surface area contributed by atoms with Gasteiger partial charge in [-0.2, -0.15) is 0 Å². The molecule has 1 aromatic carbocycles. The number of fused-ring (bicyclic) bond motifs is 1. The van der Waals surface area contributed by atoms with E-state index in [-0.39, 0.29) is 24.1 Å². The standard InChI is InChI=1S/C16H17FN4O2/c1-18-16(23)13-9-19-14-10-20(5-6-21(13)14)15(22)8-11-3-2-4-12(17)7-11/h2-4,7,9H,5-6,8,10H2,1H3,(H,18,23). The highest BCUT2D eigenvalue weighted by Crippen LogP contribution is 2.16. The average molecular weight is 316 g/mol. The summed E-state index contributed by atoms with van der Waals surface area (Å²) in [4.78, 5) is 30.0. The Hall–Kier alpha value is -2.70. The van der Waals surface area contributed by atoms with Crippen molar-refractivity contribution in [1.82, 2.24) is 19.8 Å². The molecule has 0 bridgehead atoms. The highest BCUT2D eigenvalue weighted by atomic mass is 19.1. The van der Waals surface area contributed by atoms with Gasteiger partial charge >= 0.3 is 0 Å². The smallest absolute Gasteiger partial charge is 0.269 e. The number of nitrogens with one attached hydrogen (secondary N) is 1. The second-order valence-corrected chi connectivity index (χ2v) is 5.41. The fourth-order valence-electron chi connectivity index (χ4n) is 2.72. The van der Waals surface area contributed by atoms with E-state index in [1.165, 1.54) is 18.3 Å². The van der Waals surface area contributed by atoms with Gasteiger partial charge in [0, 0.05) is 20.1 Å². The van der Waals surface area contributed by atoms with Gasteiger partial charge in [-0.1, -0.05) is 12.1 Å². The van der Waals surface area contributed by atoms with Gasteiger partial charge in [0.05, 0.1) is 19.2 Å². The molecule has 0 aliphatic carbocycles. The van der Waals surface area contributed by atoms with Crippen molar-refractivity contribution in [2.24, 2.45) is 0 Å². The van der Waals surface area contributed by atoms with E-state index in [2.05, 4.69) is 10.3 Å². The molecule has 0 unspecified atom stereocenters. The first-order valence-corrected chi connectivity index (χ1v) is 7.37. The number of imidazole rings is 1. The molecule has 2 amide bonds. The summed E-state index contributed by atoms with van der Waals surface area (Å²) in [5.74, 6) is 0.0665. The summed E-state index contributed by atoms with van der Waals surface area (Å²) in [6.45, 7) is 1.37. The number of halogens is 1. The van der Waals surface area contributed by atoms with E-state index in [0.29, 0.717) is 36.7 Å². The molecule has 120 valence electrons. The minimum atomic E-state index is -0.347. The number of rotatable bonds is 3. The normalized spacial score (nSPS) is 13.6. The van der Waals surface area contributed by atoms with Gasteiger partial charge in [-0.05, 0) is 17.7 Å². The molecule has 2 aromatic rings. The topological polar surface area (TPSA) is 67.2 Å². The third-order valence-electron chi connectivity index (χ3n) is 3.92. The number of amides is 2. The van der Waals surface area contributed by atoms with E-state index in [0.717, 1.165) is 0 Å². The zero-order valence-electron chi connectivity index (χ0n) is 12.8. The molecule has 7 heteroatoms. The van der Waals surface area contributed by atoms with Crippen molar-refractivity contribution >= 4 is 11.8 Å². The molecule has 1 N–H and O–H groups in total. The monoisotopic (exact) mass is 316 g/mol. The van der Waals surface area contributed by atoms with Gasteiger partial charge in [-0.15, -0.1) is 0 Å². The van der Waals surface area contributed by atoms with Gasteiger partial charge in [0.25, 0.3) is 5.91 Å². The van der Waals surface area contributed by atoms with Gasteiger partial charge < -0.3 is 14.8 Å². The number of benzene rings is 1. The molecule has 3 rings (SSSR count). The van der Waals surface area contributed by atoms with Crippen molar-refractivity contribution in [1.29, 1.82) is 0 Å². The summed E-state index contributed by atoms with van der Waals surface area (Å²) in [6.07, 6.45) is 1.68. The van der Waals surface area contributed by atoms with Gasteiger partial charge in [-0.3, -0.25) is 9.59 Å². The lowest BCUT2D eigenvalue weighted by Crippen LogP contribution is -2.40. The highest BCUT2D eigenvalue weighted by Gasteiger charge is 2.25. The van der Waals surface area contributed by atoms with Gasteiger partial charge in [0.1, 0.15) is 17.3 Å². The van der Waals surface area contributed by atoms with Crippen LogP contribution in [0.4, 0.5) is 4.39 Å². The zero-order chi connectivity index (χ0) is 16.4. The first-order chi connectivity index (χ1) is 11.1. The third kappa shape index (κ3) is 3.08. The van der Waals surface area contributed by atoms with Crippen molar-refractivity contribution in [2.75, 3.05) is 13.6 Å². The lowest BCUT2D eigenvalue weighted by molar-refractivity contribution is -0.132. The molecule has 0 saturated heterocycles. The Morgan fingerprint density at radius 3 is 2.91 bits per heavy atom. The van der Waals surface area contributed by atoms with E-state index >= 15 is 0 Å². The van der Waals surface area contributed by atoms with Crippen molar-refractivity contribution in [3.63, 3.8) is 0 Å². The number of carbonyl (C=O) groups is 2. The zero-order valence-corrected chi connectivity index (χ0v) is 12.8. The van der Waals surface area contributed by atoms with Crippen LogP contribution in [0.1, 0.15) is 21.9 Å². The van der Waals surface area contributed by atoms with E-state index in [4.69, 9.17) is 0 Å². The Morgan fingerprint density at radius 1 is 1.35 bits per heavy atom. The summed E-state index contributed by atoms with van der Waals surface area (Å²) >= 11 is 0. The van der Waals surface area contributed by atoms with Crippen LogP contribution in [-0.2, 0) is 24.3 Å². The van der Waals surface area contributed by atoms with Crippen LogP contribution in [0.3, 0.4) is 0 Å². The van der Waals surface area contributed by atoms with Gasteiger partial charge in [0.2, 0.25) is 5.91 Å². The summed E-state index contributed by atoms with van der Waals surface area (Å²) < 4.78 is 15.0. The average Bonchev–Trinajstić information content (AvgIpc) is 2.97. The van der Waals surface area contributed by atoms with E-state index in [1.807, 2.05) is 4.57 Å². The summed E-state index contributed by atoms with van der Waals surface area (Å²) in [6, 6.07) is 6.05. The Labute approximate surface area is 132 Å². The van der Waals surface area contributed by atoms with E-state index in [1.54, 1.807) is 24.1 Å². The molecule has 1 aliphatic heterocycles. The molecule has 0 atom stereocenters. The third-order valence-corrected chi connectivity index (χ3v) is 3.92. The molecule has 2 heterocycles. The lowest BCUT2D eigenvalue weighted by Gasteiger charge is -2.28. The first kappa shape index (κ1) is 15.2. The van der Waals surface area contributed by atoms with Crippen LogP contribution in [-0.4, -0.2) is 39.9 Å². The van der Waals surface area contributed by atoms with Gasteiger partial charge in [0.15, 0.2) is 0 Å². The lowest BCUT2D eigenvalue weighted by atomic mass is 10.1. The maximum absolute atomic E-state index is 13.2. The fourth-order valence-corrected chi connectivity index (χ4v) is 2.72. The maximum atomic E-state index is 13.2. The van der Waals surface area contributed by atoms with E-state index in [9.17, 15) is 14.0 Å². The Bertz CT molecular complexity index is 756. The fraction of sp³-hybridized carbons (Fsp3) is 0.312. The van der Waals surface area contributed by atoms with Crippen LogP contribution < -0.4 is 5.32 Å². The minimum Gasteiger partial charge on any atom is -0.354 e. The summed E-state index contributed by atoms with van der Waals surface area (Å²) in [5.41, 5.74) is 1.15. The Balaban J connectivity index is 1.71. The molecule has 0 saturated carbocycles. The van der Waals surface area contributed by atoms with Crippen LogP contribution in [0.2, 0.25) is 0 Å². The molecule has 1 aromatic heterocycles. The number of nitrogens with zero attached hydrogens (tertiary/aromatic N) is 3. The molecule has 23 heavy (non-hydrogen) atoms. The van der Waals surface area contributed by atoms with E-state index < -0.39 is 0 Å². The largest absolute Gasteiger partial charge is 0.354 e. The number of carbonyl (C=O) groups excluding carboxylic acids is 2. The number of hydrogen-bond acceptors (Lipinski definition) is 3. The van der Waals surface area contributed by atoms with Crippen molar-refractivity contribution < 1.29 is 14.0 Å². The van der Waals surface area contributed by atoms with Gasteiger partial charge in [-0.25, -0.2) is 9.37 Å². The molecule has 6 nitrogen and oxygen atoms in total. The quantitative estimate of drug-likeness (QED) is 0.917. The predicted molar refractivity (Wildman–Crippen MR) is 81.1 cm³/mol. The van der Waals surface area contributed by atoms with Crippen LogP contribution in [0.25, 0.3) is 0 Å². The number of aromatic nitrogens is 2. The maximum Gasteiger partial charge on any atom is 0.269 e. The van der Waals surface area contributed by atoms with Crippen LogP contribution >= 0.6 is 0 Å². The second kappa shape index (κ2) is 6.20. The van der Waals surface area contributed by atoms with Crippen LogP contribution in [0.15, 0.2) is 30.5 Å². The van der Waals surface area contributed by atoms with Crippen molar-refractivity contribution in [3.05, 3.63) is 53.4 Å². The molecular weight excluding hydrogens is 299 g/mol. The van der Waals surface area contributed by atoms with Crippen molar-refractivity contribution in [3.8, 4) is 0 Å². The second-order valence-electron chi connectivity index (χ2n) is 5.41. The number of hydrogen-bond donors (Lipinski definition) is 1. The van der Waals surface area contributed by atoms with Crippen LogP contribution in [0.5, 0.6) is 0 Å². The van der Waals surface area contributed by atoms with Crippen LogP contribution in [0, 0.1) is 5.82 Å². The molecule has 0 fully saturated rings. The highest BCUT2D eigenvalue weighted by molar-refractivity contribution is 5.92.